The van der Waals surface area contributed by atoms with Crippen LogP contribution in [0.4, 0.5) is 0 Å². The second kappa shape index (κ2) is 13.1. The second-order valence-electron chi connectivity index (χ2n) is 5.96. The Morgan fingerprint density at radius 2 is 1.92 bits per heavy atom. The average molecular weight is 354 g/mol. The molecule has 4 nitrogen and oxygen atoms in total. The minimum absolute atomic E-state index is 0.489. The number of benzene rings is 1. The Morgan fingerprint density at radius 3 is 2.54 bits per heavy atom. The topological polar surface area (TPSA) is 58.6 Å². The summed E-state index contributed by atoms with van der Waals surface area (Å²) in [5, 5.41) is 12.3. The number of carbonyl (C=O) groups is 1. The molecule has 0 aliphatic carbocycles. The number of aliphatic carboxylic acids is 1. The van der Waals surface area contributed by atoms with Crippen LogP contribution in [0.2, 0.25) is 0 Å². The summed E-state index contributed by atoms with van der Waals surface area (Å²) in [5.41, 5.74) is 1.07. The molecule has 0 amide bonds. The number of hydrogen-bond acceptors (Lipinski definition) is 4. The molecule has 0 radical (unpaired) electrons. The van der Waals surface area contributed by atoms with Gasteiger partial charge in [-0.25, -0.2) is 0 Å². The van der Waals surface area contributed by atoms with E-state index >= 15 is 0 Å². The van der Waals surface area contributed by atoms with Gasteiger partial charge in [-0.1, -0.05) is 44.7 Å². The van der Waals surface area contributed by atoms with E-state index in [0.717, 1.165) is 30.1 Å². The fraction of sp³-hybridized carbons (Fsp3) is 0.632. The van der Waals surface area contributed by atoms with Crippen molar-refractivity contribution in [1.82, 2.24) is 5.32 Å². The van der Waals surface area contributed by atoms with Gasteiger partial charge >= 0.3 is 5.97 Å². The van der Waals surface area contributed by atoms with Crippen molar-refractivity contribution >= 4 is 17.7 Å². The smallest absolute Gasteiger partial charge is 0.320 e. The van der Waals surface area contributed by atoms with Gasteiger partial charge in [0, 0.05) is 6.54 Å². The van der Waals surface area contributed by atoms with Crippen molar-refractivity contribution < 1.29 is 14.6 Å². The molecular formula is C19H31NO3S. The lowest BCUT2D eigenvalue weighted by molar-refractivity contribution is -0.139. The van der Waals surface area contributed by atoms with E-state index in [9.17, 15) is 9.90 Å². The maximum atomic E-state index is 11.2. The van der Waals surface area contributed by atoms with Crippen molar-refractivity contribution in [3.05, 3.63) is 29.8 Å². The van der Waals surface area contributed by atoms with Crippen molar-refractivity contribution in [3.8, 4) is 5.75 Å². The molecule has 0 aliphatic heterocycles. The van der Waals surface area contributed by atoms with Crippen LogP contribution in [0.1, 0.15) is 51.0 Å². The highest BCUT2D eigenvalue weighted by atomic mass is 32.2. The van der Waals surface area contributed by atoms with Gasteiger partial charge in [0.25, 0.3) is 0 Å². The molecule has 0 saturated heterocycles. The SMILES string of the molecule is CCCCCCCOc1ccc(CNC(CCSC)C(=O)O)cc1. The molecule has 2 N–H and O–H groups in total. The molecule has 1 aromatic rings. The number of unbranched alkanes of at least 4 members (excludes halogenated alkanes) is 4. The lowest BCUT2D eigenvalue weighted by atomic mass is 10.1. The first kappa shape index (κ1) is 20.8. The lowest BCUT2D eigenvalue weighted by Crippen LogP contribution is -2.36. The molecule has 0 spiro atoms. The maximum Gasteiger partial charge on any atom is 0.320 e. The molecule has 0 fully saturated rings. The lowest BCUT2D eigenvalue weighted by Gasteiger charge is -2.14. The fourth-order valence-corrected chi connectivity index (χ4v) is 2.86. The number of ether oxygens (including phenoxy) is 1. The van der Waals surface area contributed by atoms with Crippen LogP contribution in [0.3, 0.4) is 0 Å². The Morgan fingerprint density at radius 1 is 1.21 bits per heavy atom. The van der Waals surface area contributed by atoms with Crippen LogP contribution in [-0.4, -0.2) is 35.7 Å². The number of carboxylic acids is 1. The fourth-order valence-electron chi connectivity index (χ4n) is 2.39. The van der Waals surface area contributed by atoms with E-state index in [4.69, 9.17) is 4.74 Å². The quantitative estimate of drug-likeness (QED) is 0.488. The third-order valence-corrected chi connectivity index (χ3v) is 4.55. The van der Waals surface area contributed by atoms with Crippen LogP contribution in [0.25, 0.3) is 0 Å². The van der Waals surface area contributed by atoms with Crippen LogP contribution in [-0.2, 0) is 11.3 Å². The number of carboxylic acid groups (broad SMARTS) is 1. The van der Waals surface area contributed by atoms with Gasteiger partial charge in [-0.15, -0.1) is 0 Å². The number of thioether (sulfide) groups is 1. The summed E-state index contributed by atoms with van der Waals surface area (Å²) in [6, 6.07) is 7.41. The zero-order chi connectivity index (χ0) is 17.6. The van der Waals surface area contributed by atoms with E-state index in [-0.39, 0.29) is 0 Å². The van der Waals surface area contributed by atoms with Crippen molar-refractivity contribution in [2.75, 3.05) is 18.6 Å². The van der Waals surface area contributed by atoms with Crippen LogP contribution in [0.5, 0.6) is 5.75 Å². The van der Waals surface area contributed by atoms with Crippen molar-refractivity contribution in [1.29, 1.82) is 0 Å². The molecule has 1 rings (SSSR count). The minimum Gasteiger partial charge on any atom is -0.494 e. The summed E-state index contributed by atoms with van der Waals surface area (Å²) >= 11 is 1.66. The van der Waals surface area contributed by atoms with Gasteiger partial charge in [0.1, 0.15) is 11.8 Å². The third kappa shape index (κ3) is 9.18. The van der Waals surface area contributed by atoms with Gasteiger partial charge in [-0.3, -0.25) is 4.79 Å². The van der Waals surface area contributed by atoms with Crippen LogP contribution < -0.4 is 10.1 Å². The van der Waals surface area contributed by atoms with E-state index in [0.29, 0.717) is 13.0 Å². The molecule has 0 aliphatic rings. The first-order chi connectivity index (χ1) is 11.7. The molecule has 0 aromatic heterocycles. The van der Waals surface area contributed by atoms with Crippen LogP contribution >= 0.6 is 11.8 Å². The van der Waals surface area contributed by atoms with Gasteiger partial charge in [0.05, 0.1) is 6.61 Å². The largest absolute Gasteiger partial charge is 0.494 e. The first-order valence-electron chi connectivity index (χ1n) is 8.84. The second-order valence-corrected chi connectivity index (χ2v) is 6.95. The Hall–Kier alpha value is -1.20. The van der Waals surface area contributed by atoms with Crippen molar-refractivity contribution in [2.45, 2.75) is 58.0 Å². The standard InChI is InChI=1S/C19H31NO3S/c1-3-4-5-6-7-13-23-17-10-8-16(9-11-17)15-20-18(19(21)22)12-14-24-2/h8-11,18,20H,3-7,12-15H2,1-2H3,(H,21,22). The summed E-state index contributed by atoms with van der Waals surface area (Å²) in [7, 11) is 0. The predicted molar refractivity (Wildman–Crippen MR) is 102 cm³/mol. The van der Waals surface area contributed by atoms with Crippen molar-refractivity contribution in [2.24, 2.45) is 0 Å². The number of nitrogens with one attached hydrogen (secondary N) is 1. The van der Waals surface area contributed by atoms with E-state index in [1.165, 1.54) is 25.7 Å². The minimum atomic E-state index is -0.785. The highest BCUT2D eigenvalue weighted by Gasteiger charge is 2.15. The zero-order valence-electron chi connectivity index (χ0n) is 14.9. The molecule has 5 heteroatoms. The molecular weight excluding hydrogens is 322 g/mol. The van der Waals surface area contributed by atoms with Crippen LogP contribution in [0.15, 0.2) is 24.3 Å². The number of rotatable bonds is 14. The molecule has 24 heavy (non-hydrogen) atoms. The van der Waals surface area contributed by atoms with E-state index < -0.39 is 12.0 Å². The predicted octanol–water partition coefficient (Wildman–Crippen LogP) is 4.33. The van der Waals surface area contributed by atoms with Gasteiger partial charge in [-0.2, -0.15) is 11.8 Å². The molecule has 136 valence electrons. The summed E-state index contributed by atoms with van der Waals surface area (Å²) in [5.74, 6) is 0.938. The molecule has 1 atom stereocenters. The first-order valence-corrected chi connectivity index (χ1v) is 10.2. The van der Waals surface area contributed by atoms with Gasteiger partial charge in [-0.05, 0) is 42.5 Å². The molecule has 1 unspecified atom stereocenters. The summed E-state index contributed by atoms with van der Waals surface area (Å²) < 4.78 is 5.74. The number of hydrogen-bond donors (Lipinski definition) is 2. The highest BCUT2D eigenvalue weighted by Crippen LogP contribution is 2.13. The molecule has 0 bridgehead atoms. The summed E-state index contributed by atoms with van der Waals surface area (Å²) in [6.45, 7) is 3.54. The highest BCUT2D eigenvalue weighted by molar-refractivity contribution is 7.98. The van der Waals surface area contributed by atoms with Gasteiger partial charge in [0.15, 0.2) is 0 Å². The van der Waals surface area contributed by atoms with Gasteiger partial charge in [0.2, 0.25) is 0 Å². The Kier molecular flexibility index (Phi) is 11.4. The average Bonchev–Trinajstić information content (AvgIpc) is 2.59. The third-order valence-electron chi connectivity index (χ3n) is 3.90. The van der Waals surface area contributed by atoms with E-state index in [2.05, 4.69) is 12.2 Å². The van der Waals surface area contributed by atoms with Gasteiger partial charge < -0.3 is 15.2 Å². The monoisotopic (exact) mass is 353 g/mol. The molecule has 0 heterocycles. The van der Waals surface area contributed by atoms with E-state index in [1.54, 1.807) is 11.8 Å². The summed E-state index contributed by atoms with van der Waals surface area (Å²) in [6.07, 6.45) is 8.79. The normalized spacial score (nSPS) is 12.1. The van der Waals surface area contributed by atoms with Crippen molar-refractivity contribution in [3.63, 3.8) is 0 Å². The van der Waals surface area contributed by atoms with E-state index in [1.807, 2.05) is 30.5 Å². The zero-order valence-corrected chi connectivity index (χ0v) is 15.7. The maximum absolute atomic E-state index is 11.2. The summed E-state index contributed by atoms with van der Waals surface area (Å²) in [4.78, 5) is 11.2. The Bertz CT molecular complexity index is 450. The molecule has 0 saturated carbocycles. The Balaban J connectivity index is 2.29. The van der Waals surface area contributed by atoms with Crippen LogP contribution in [0, 0.1) is 0 Å². The Labute approximate surface area is 150 Å². The molecule has 1 aromatic carbocycles.